The van der Waals surface area contributed by atoms with Gasteiger partial charge in [-0.2, -0.15) is 0 Å². The van der Waals surface area contributed by atoms with E-state index < -0.39 is 24.1 Å². The molecule has 0 amide bonds. The number of ether oxygens (including phenoxy) is 3. The van der Waals surface area contributed by atoms with E-state index in [9.17, 15) is 10.2 Å². The Bertz CT molecular complexity index is 350. The molecule has 0 saturated carbocycles. The van der Waals surface area contributed by atoms with Crippen LogP contribution in [0.1, 0.15) is 34.1 Å². The summed E-state index contributed by atoms with van der Waals surface area (Å²) >= 11 is 0. The van der Waals surface area contributed by atoms with Gasteiger partial charge in [0, 0.05) is 6.42 Å². The first kappa shape index (κ1) is 14.8. The Morgan fingerprint density at radius 3 is 2.63 bits per heavy atom. The van der Waals surface area contributed by atoms with Crippen molar-refractivity contribution in [3.8, 4) is 0 Å². The van der Waals surface area contributed by atoms with Crippen molar-refractivity contribution in [1.82, 2.24) is 0 Å². The number of hydrogen-bond acceptors (Lipinski definition) is 5. The van der Waals surface area contributed by atoms with E-state index in [0.29, 0.717) is 18.8 Å². The van der Waals surface area contributed by atoms with Crippen LogP contribution < -0.4 is 0 Å². The van der Waals surface area contributed by atoms with Crippen molar-refractivity contribution in [1.29, 1.82) is 0 Å². The van der Waals surface area contributed by atoms with Crippen molar-refractivity contribution in [2.24, 2.45) is 5.92 Å². The zero-order valence-electron chi connectivity index (χ0n) is 12.0. The monoisotopic (exact) mass is 272 g/mol. The number of hydrogen-bond donors (Lipinski definition) is 2. The van der Waals surface area contributed by atoms with Gasteiger partial charge in [-0.25, -0.2) is 0 Å². The van der Waals surface area contributed by atoms with Crippen LogP contribution in [-0.4, -0.2) is 47.0 Å². The largest absolute Gasteiger partial charge is 0.489 e. The third kappa shape index (κ3) is 3.48. The Morgan fingerprint density at radius 2 is 2.11 bits per heavy atom. The maximum Gasteiger partial charge on any atom is 0.163 e. The van der Waals surface area contributed by atoms with E-state index in [2.05, 4.69) is 0 Å². The second kappa shape index (κ2) is 5.40. The van der Waals surface area contributed by atoms with Crippen molar-refractivity contribution < 1.29 is 24.4 Å². The van der Waals surface area contributed by atoms with E-state index >= 15 is 0 Å². The van der Waals surface area contributed by atoms with Crippen molar-refractivity contribution in [2.75, 3.05) is 6.61 Å². The fraction of sp³-hybridized carbons (Fsp3) is 0.857. The van der Waals surface area contributed by atoms with Crippen molar-refractivity contribution in [3.63, 3.8) is 0 Å². The molecular weight excluding hydrogens is 248 g/mol. The van der Waals surface area contributed by atoms with Crippen LogP contribution in [0.2, 0.25) is 0 Å². The molecule has 2 heterocycles. The molecule has 2 aliphatic heterocycles. The maximum absolute atomic E-state index is 10.0. The summed E-state index contributed by atoms with van der Waals surface area (Å²) in [6, 6.07) is 0. The molecule has 0 aromatic heterocycles. The Kier molecular flexibility index (Phi) is 4.20. The molecule has 1 unspecified atom stereocenters. The lowest BCUT2D eigenvalue weighted by Gasteiger charge is -2.24. The fourth-order valence-electron chi connectivity index (χ4n) is 2.30. The number of rotatable bonds is 4. The summed E-state index contributed by atoms with van der Waals surface area (Å²) in [7, 11) is 0. The molecule has 19 heavy (non-hydrogen) atoms. The van der Waals surface area contributed by atoms with Crippen LogP contribution in [0.15, 0.2) is 11.8 Å². The van der Waals surface area contributed by atoms with Gasteiger partial charge in [-0.05, 0) is 25.8 Å². The minimum Gasteiger partial charge on any atom is -0.489 e. The van der Waals surface area contributed by atoms with Crippen LogP contribution in [-0.2, 0) is 14.2 Å². The Labute approximate surface area is 114 Å². The minimum absolute atomic E-state index is 0.158. The fourth-order valence-corrected chi connectivity index (χ4v) is 2.30. The first-order chi connectivity index (χ1) is 8.78. The molecule has 0 aromatic rings. The van der Waals surface area contributed by atoms with E-state index in [0.717, 1.165) is 0 Å². The standard InChI is InChI=1S/C14H24O5/c1-8(2)10(15)5-9-6-11(16)13(18-9)12-7-17-14(3,4)19-12/h6,8,10-13,15-16H,5,7H2,1-4H3/t10?,11-,12-,13+/m1/s1. The second-order valence-corrected chi connectivity index (χ2v) is 6.09. The molecule has 2 aliphatic rings. The molecule has 0 spiro atoms. The lowest BCUT2D eigenvalue weighted by Crippen LogP contribution is -2.37. The molecule has 0 radical (unpaired) electrons. The molecule has 1 fully saturated rings. The van der Waals surface area contributed by atoms with Crippen LogP contribution in [0.25, 0.3) is 0 Å². The summed E-state index contributed by atoms with van der Waals surface area (Å²) in [5, 5.41) is 19.9. The summed E-state index contributed by atoms with van der Waals surface area (Å²) in [6.07, 6.45) is 0.171. The first-order valence-corrected chi connectivity index (χ1v) is 6.84. The van der Waals surface area contributed by atoms with Crippen molar-refractivity contribution in [3.05, 3.63) is 11.8 Å². The molecule has 4 atom stereocenters. The van der Waals surface area contributed by atoms with Gasteiger partial charge in [-0.3, -0.25) is 0 Å². The molecule has 2 N–H and O–H groups in total. The molecule has 2 rings (SSSR count). The van der Waals surface area contributed by atoms with Gasteiger partial charge >= 0.3 is 0 Å². The van der Waals surface area contributed by atoms with Gasteiger partial charge in [-0.15, -0.1) is 0 Å². The van der Waals surface area contributed by atoms with Gasteiger partial charge in [-0.1, -0.05) is 13.8 Å². The van der Waals surface area contributed by atoms with Crippen molar-refractivity contribution >= 4 is 0 Å². The van der Waals surface area contributed by atoms with Crippen LogP contribution in [0.4, 0.5) is 0 Å². The summed E-state index contributed by atoms with van der Waals surface area (Å²) in [5.74, 6) is 0.159. The highest BCUT2D eigenvalue weighted by atomic mass is 16.8. The first-order valence-electron chi connectivity index (χ1n) is 6.84. The van der Waals surface area contributed by atoms with Gasteiger partial charge in [0.1, 0.15) is 12.2 Å². The lowest BCUT2D eigenvalue weighted by atomic mass is 10.0. The van der Waals surface area contributed by atoms with Gasteiger partial charge in [0.2, 0.25) is 0 Å². The molecule has 5 nitrogen and oxygen atoms in total. The molecule has 110 valence electrons. The van der Waals surface area contributed by atoms with E-state index in [1.165, 1.54) is 0 Å². The Hall–Kier alpha value is -0.620. The zero-order valence-corrected chi connectivity index (χ0v) is 12.0. The van der Waals surface area contributed by atoms with Gasteiger partial charge in [0.05, 0.1) is 18.5 Å². The highest BCUT2D eigenvalue weighted by Crippen LogP contribution is 2.32. The molecule has 0 aliphatic carbocycles. The summed E-state index contributed by atoms with van der Waals surface area (Å²) in [4.78, 5) is 0. The third-order valence-electron chi connectivity index (χ3n) is 3.56. The highest BCUT2D eigenvalue weighted by Gasteiger charge is 2.43. The van der Waals surface area contributed by atoms with Gasteiger partial charge < -0.3 is 24.4 Å². The number of aliphatic hydroxyl groups is 2. The van der Waals surface area contributed by atoms with Crippen LogP contribution >= 0.6 is 0 Å². The number of aliphatic hydroxyl groups excluding tert-OH is 2. The normalized spacial score (nSPS) is 35.3. The minimum atomic E-state index is -0.711. The summed E-state index contributed by atoms with van der Waals surface area (Å²) < 4.78 is 16.9. The predicted molar refractivity (Wildman–Crippen MR) is 69.3 cm³/mol. The van der Waals surface area contributed by atoms with Crippen LogP contribution in [0, 0.1) is 5.92 Å². The molecule has 0 aromatic carbocycles. The molecule has 5 heteroatoms. The summed E-state index contributed by atoms with van der Waals surface area (Å²) in [6.45, 7) is 7.98. The third-order valence-corrected chi connectivity index (χ3v) is 3.56. The highest BCUT2D eigenvalue weighted by molar-refractivity contribution is 5.10. The summed E-state index contributed by atoms with van der Waals surface area (Å²) in [5.41, 5.74) is 0. The average molecular weight is 272 g/mol. The Morgan fingerprint density at radius 1 is 1.42 bits per heavy atom. The molecular formula is C14H24O5. The smallest absolute Gasteiger partial charge is 0.163 e. The topological polar surface area (TPSA) is 68.2 Å². The van der Waals surface area contributed by atoms with Gasteiger partial charge in [0.15, 0.2) is 11.9 Å². The predicted octanol–water partition coefficient (Wildman–Crippen LogP) is 1.19. The second-order valence-electron chi connectivity index (χ2n) is 6.09. The lowest BCUT2D eigenvalue weighted by molar-refractivity contribution is -0.157. The van der Waals surface area contributed by atoms with Crippen molar-refractivity contribution in [2.45, 2.75) is 64.3 Å². The SMILES string of the molecule is CC(C)C(O)CC1=C[C@@H](O)[C@@H]([C@H]2COC(C)(C)O2)O1. The quantitative estimate of drug-likeness (QED) is 0.804. The van der Waals surface area contributed by atoms with Crippen LogP contribution in [0.5, 0.6) is 0 Å². The molecule has 0 bridgehead atoms. The van der Waals surface area contributed by atoms with Crippen LogP contribution in [0.3, 0.4) is 0 Å². The van der Waals surface area contributed by atoms with Gasteiger partial charge in [0.25, 0.3) is 0 Å². The Balaban J connectivity index is 1.91. The zero-order chi connectivity index (χ0) is 14.2. The van der Waals surface area contributed by atoms with E-state index in [1.807, 2.05) is 27.7 Å². The average Bonchev–Trinajstić information content (AvgIpc) is 2.81. The maximum atomic E-state index is 10.0. The van der Waals surface area contributed by atoms with E-state index in [1.54, 1.807) is 6.08 Å². The van der Waals surface area contributed by atoms with E-state index in [-0.39, 0.29) is 12.0 Å². The van der Waals surface area contributed by atoms with E-state index in [4.69, 9.17) is 14.2 Å². The molecule has 1 saturated heterocycles.